The topological polar surface area (TPSA) is 47.0 Å². The molecular formula is C16H27N3OS. The highest BCUT2D eigenvalue weighted by Crippen LogP contribution is 2.48. The maximum atomic E-state index is 6.09. The van der Waals surface area contributed by atoms with Gasteiger partial charge in [-0.25, -0.2) is 0 Å². The molecule has 1 aromatic heterocycles. The van der Waals surface area contributed by atoms with E-state index in [1.165, 1.54) is 30.6 Å². The fraction of sp³-hybridized carbons (Fsp3) is 0.875. The van der Waals surface area contributed by atoms with Crippen molar-refractivity contribution in [3.8, 4) is 0 Å². The predicted molar refractivity (Wildman–Crippen MR) is 85.7 cm³/mol. The number of aromatic nitrogens is 2. The van der Waals surface area contributed by atoms with Gasteiger partial charge in [0, 0.05) is 18.1 Å². The van der Waals surface area contributed by atoms with E-state index in [1.807, 2.05) is 0 Å². The van der Waals surface area contributed by atoms with Gasteiger partial charge in [-0.15, -0.1) is 5.10 Å². The molecule has 5 heteroatoms. The summed E-state index contributed by atoms with van der Waals surface area (Å²) in [5.41, 5.74) is 1.40. The van der Waals surface area contributed by atoms with Gasteiger partial charge in [-0.3, -0.25) is 0 Å². The van der Waals surface area contributed by atoms with Crippen LogP contribution in [-0.2, 0) is 10.2 Å². The Morgan fingerprint density at radius 2 is 2.14 bits per heavy atom. The Morgan fingerprint density at radius 1 is 1.38 bits per heavy atom. The number of nitrogens with one attached hydrogen (secondary N) is 1. The molecule has 1 N–H and O–H groups in total. The summed E-state index contributed by atoms with van der Waals surface area (Å²) in [7, 11) is 2.07. The van der Waals surface area contributed by atoms with Crippen LogP contribution in [0.4, 0.5) is 0 Å². The van der Waals surface area contributed by atoms with Crippen molar-refractivity contribution in [3.05, 3.63) is 10.6 Å². The van der Waals surface area contributed by atoms with E-state index in [-0.39, 0.29) is 11.0 Å². The van der Waals surface area contributed by atoms with Crippen LogP contribution in [0.1, 0.15) is 69.5 Å². The second-order valence-electron chi connectivity index (χ2n) is 7.64. The molecule has 21 heavy (non-hydrogen) atoms. The molecule has 0 aromatic carbocycles. The molecule has 118 valence electrons. The maximum absolute atomic E-state index is 6.09. The van der Waals surface area contributed by atoms with Gasteiger partial charge in [0.05, 0.1) is 16.2 Å². The van der Waals surface area contributed by atoms with Crippen LogP contribution in [0, 0.1) is 5.92 Å². The molecule has 0 amide bonds. The lowest BCUT2D eigenvalue weighted by Crippen LogP contribution is -2.47. The van der Waals surface area contributed by atoms with Crippen LogP contribution >= 0.6 is 11.5 Å². The third-order valence-corrected chi connectivity index (χ3v) is 5.89. The third kappa shape index (κ3) is 2.88. The number of nitrogens with zero attached hydrogens (tertiary/aromatic N) is 2. The third-order valence-electron chi connectivity index (χ3n) is 5.08. The Bertz CT molecular complexity index is 490. The largest absolute Gasteiger partial charge is 0.375 e. The highest BCUT2D eigenvalue weighted by molar-refractivity contribution is 7.05. The molecule has 1 aromatic rings. The molecule has 0 radical (unpaired) electrons. The summed E-state index contributed by atoms with van der Waals surface area (Å²) in [6.45, 7) is 7.56. The maximum Gasteiger partial charge on any atom is 0.0857 e. The van der Waals surface area contributed by atoms with Crippen molar-refractivity contribution in [3.63, 3.8) is 0 Å². The second kappa shape index (κ2) is 5.60. The summed E-state index contributed by atoms with van der Waals surface area (Å²) in [5.74, 6) is 0.632. The SMILES string of the molecule is CNC(c1snnc1C(C)(C)C)C1CCOC2(CCC2)C1. The lowest BCUT2D eigenvalue weighted by Gasteiger charge is -2.48. The van der Waals surface area contributed by atoms with Gasteiger partial charge in [0.15, 0.2) is 0 Å². The van der Waals surface area contributed by atoms with Crippen LogP contribution in [0.15, 0.2) is 0 Å². The monoisotopic (exact) mass is 309 g/mol. The Morgan fingerprint density at radius 3 is 2.71 bits per heavy atom. The first-order valence-electron chi connectivity index (χ1n) is 8.09. The predicted octanol–water partition coefficient (Wildman–Crippen LogP) is 3.45. The summed E-state index contributed by atoms with van der Waals surface area (Å²) in [5, 5.41) is 7.97. The van der Waals surface area contributed by atoms with Gasteiger partial charge in [-0.1, -0.05) is 25.3 Å². The molecule has 2 aliphatic rings. The minimum atomic E-state index is 0.0523. The second-order valence-corrected chi connectivity index (χ2v) is 8.43. The zero-order chi connectivity index (χ0) is 15.1. The molecule has 1 saturated heterocycles. The van der Waals surface area contributed by atoms with Gasteiger partial charge in [-0.05, 0) is 56.6 Å². The van der Waals surface area contributed by atoms with Gasteiger partial charge < -0.3 is 10.1 Å². The van der Waals surface area contributed by atoms with Crippen molar-refractivity contribution < 1.29 is 4.74 Å². The normalized spacial score (nSPS) is 26.6. The van der Waals surface area contributed by atoms with E-state index < -0.39 is 0 Å². The lowest BCUT2D eigenvalue weighted by atomic mass is 9.70. The highest BCUT2D eigenvalue weighted by Gasteiger charge is 2.45. The number of rotatable bonds is 3. The zero-order valence-corrected chi connectivity index (χ0v) is 14.4. The van der Waals surface area contributed by atoms with Crippen molar-refractivity contribution >= 4 is 11.5 Å². The number of hydrogen-bond acceptors (Lipinski definition) is 5. The molecule has 2 fully saturated rings. The van der Waals surface area contributed by atoms with E-state index in [9.17, 15) is 0 Å². The van der Waals surface area contributed by atoms with E-state index in [1.54, 1.807) is 11.5 Å². The fourth-order valence-electron chi connectivity index (χ4n) is 3.77. The quantitative estimate of drug-likeness (QED) is 0.929. The average Bonchev–Trinajstić information content (AvgIpc) is 2.87. The summed E-state index contributed by atoms with van der Waals surface area (Å²) in [6.07, 6.45) is 6.13. The summed E-state index contributed by atoms with van der Waals surface area (Å²) in [4.78, 5) is 1.33. The van der Waals surface area contributed by atoms with Crippen molar-refractivity contribution in [2.24, 2.45) is 5.92 Å². The Balaban J connectivity index is 1.83. The van der Waals surface area contributed by atoms with E-state index >= 15 is 0 Å². The smallest absolute Gasteiger partial charge is 0.0857 e. The molecule has 2 unspecified atom stereocenters. The van der Waals surface area contributed by atoms with Crippen LogP contribution in [0.25, 0.3) is 0 Å². The fourth-order valence-corrected chi connectivity index (χ4v) is 4.84. The van der Waals surface area contributed by atoms with Gasteiger partial charge >= 0.3 is 0 Å². The lowest BCUT2D eigenvalue weighted by molar-refractivity contribution is -0.147. The van der Waals surface area contributed by atoms with Gasteiger partial charge in [0.25, 0.3) is 0 Å². The van der Waals surface area contributed by atoms with Crippen LogP contribution < -0.4 is 5.32 Å². The minimum absolute atomic E-state index is 0.0523. The van der Waals surface area contributed by atoms with Crippen LogP contribution in [-0.4, -0.2) is 28.8 Å². The molecule has 0 bridgehead atoms. The molecule has 2 atom stereocenters. The standard InChI is InChI=1S/C16H27N3OS/c1-15(2,3)14-13(21-19-18-14)12(17-4)11-6-9-20-16(10-11)7-5-8-16/h11-12,17H,5-10H2,1-4H3. The van der Waals surface area contributed by atoms with Gasteiger partial charge in [0.1, 0.15) is 0 Å². The van der Waals surface area contributed by atoms with Crippen molar-refractivity contribution in [2.45, 2.75) is 69.9 Å². The van der Waals surface area contributed by atoms with Crippen LogP contribution in [0.2, 0.25) is 0 Å². The first-order valence-corrected chi connectivity index (χ1v) is 8.86. The van der Waals surface area contributed by atoms with E-state index in [2.05, 4.69) is 42.7 Å². The number of hydrogen-bond donors (Lipinski definition) is 1. The highest BCUT2D eigenvalue weighted by atomic mass is 32.1. The molecule has 3 rings (SSSR count). The zero-order valence-electron chi connectivity index (χ0n) is 13.6. The van der Waals surface area contributed by atoms with Crippen molar-refractivity contribution in [1.82, 2.24) is 14.9 Å². The summed E-state index contributed by atoms with van der Waals surface area (Å²) >= 11 is 1.56. The van der Waals surface area contributed by atoms with E-state index in [0.717, 1.165) is 18.7 Å². The van der Waals surface area contributed by atoms with E-state index in [4.69, 9.17) is 4.74 Å². The van der Waals surface area contributed by atoms with Crippen molar-refractivity contribution in [1.29, 1.82) is 0 Å². The van der Waals surface area contributed by atoms with Crippen molar-refractivity contribution in [2.75, 3.05) is 13.7 Å². The molecule has 1 spiro atoms. The summed E-state index contributed by atoms with van der Waals surface area (Å²) < 4.78 is 10.3. The van der Waals surface area contributed by atoms with E-state index in [0.29, 0.717) is 12.0 Å². The first kappa shape index (κ1) is 15.4. The Labute approximate surface area is 131 Å². The molecule has 1 aliphatic carbocycles. The van der Waals surface area contributed by atoms with Gasteiger partial charge in [-0.2, -0.15) is 0 Å². The molecule has 1 aliphatic heterocycles. The van der Waals surface area contributed by atoms with Crippen LogP contribution in [0.3, 0.4) is 0 Å². The Hall–Kier alpha value is -0.520. The minimum Gasteiger partial charge on any atom is -0.375 e. The first-order chi connectivity index (χ1) is 9.95. The molecule has 2 heterocycles. The van der Waals surface area contributed by atoms with Crippen LogP contribution in [0.5, 0.6) is 0 Å². The average molecular weight is 309 g/mol. The summed E-state index contributed by atoms with van der Waals surface area (Å²) in [6, 6.07) is 0.362. The molecule has 4 nitrogen and oxygen atoms in total. The number of ether oxygens (including phenoxy) is 1. The molecular weight excluding hydrogens is 282 g/mol. The Kier molecular flexibility index (Phi) is 4.10. The van der Waals surface area contributed by atoms with Gasteiger partial charge in [0.2, 0.25) is 0 Å². The molecule has 1 saturated carbocycles.